The molecule has 116 valence electrons. The second-order valence-corrected chi connectivity index (χ2v) is 8.19. The third kappa shape index (κ3) is 5.36. The second kappa shape index (κ2) is 5.66. The Morgan fingerprint density at radius 3 is 1.53 bits per heavy atom. The summed E-state index contributed by atoms with van der Waals surface area (Å²) >= 11 is 0. The SMILES string of the molecule is CC(C)(C)C(C)(C)NO[NH+]([O-])OC(C)(C)C(C)(C)C. The van der Waals surface area contributed by atoms with E-state index in [0.717, 1.165) is 0 Å². The van der Waals surface area contributed by atoms with E-state index >= 15 is 0 Å². The molecule has 0 bridgehead atoms. The summed E-state index contributed by atoms with van der Waals surface area (Å²) in [7, 11) is 0. The molecule has 19 heavy (non-hydrogen) atoms. The fourth-order valence-electron chi connectivity index (χ4n) is 0.705. The maximum absolute atomic E-state index is 11.8. The largest absolute Gasteiger partial charge is 0.564 e. The van der Waals surface area contributed by atoms with Crippen LogP contribution in [0.3, 0.4) is 0 Å². The van der Waals surface area contributed by atoms with Gasteiger partial charge in [-0.3, -0.25) is 0 Å². The maximum Gasteiger partial charge on any atom is 0.131 e. The van der Waals surface area contributed by atoms with E-state index in [0.29, 0.717) is 0 Å². The van der Waals surface area contributed by atoms with Gasteiger partial charge in [-0.25, -0.2) is 0 Å². The van der Waals surface area contributed by atoms with Crippen LogP contribution in [-0.4, -0.2) is 11.1 Å². The molecule has 0 amide bonds. The first-order valence-electron chi connectivity index (χ1n) is 6.77. The van der Waals surface area contributed by atoms with Crippen LogP contribution in [0.25, 0.3) is 0 Å². The first-order chi connectivity index (χ1) is 8.10. The van der Waals surface area contributed by atoms with Crippen molar-refractivity contribution in [2.75, 3.05) is 0 Å². The van der Waals surface area contributed by atoms with Crippen molar-refractivity contribution in [2.24, 2.45) is 10.8 Å². The molecule has 0 aromatic heterocycles. The Labute approximate surface area is 118 Å². The van der Waals surface area contributed by atoms with E-state index in [1.54, 1.807) is 0 Å². The lowest BCUT2D eigenvalue weighted by Crippen LogP contribution is -3.08. The molecule has 0 saturated carbocycles. The molecule has 0 spiro atoms. The number of hydrogen-bond donors (Lipinski definition) is 2. The van der Waals surface area contributed by atoms with Gasteiger partial charge in [0.1, 0.15) is 5.60 Å². The molecule has 5 nitrogen and oxygen atoms in total. The molecule has 0 aliphatic carbocycles. The molecule has 0 aliphatic heterocycles. The minimum absolute atomic E-state index is 0.0488. The van der Waals surface area contributed by atoms with Crippen LogP contribution in [0.5, 0.6) is 0 Å². The van der Waals surface area contributed by atoms with Gasteiger partial charge >= 0.3 is 0 Å². The normalized spacial score (nSPS) is 16.6. The van der Waals surface area contributed by atoms with Crippen molar-refractivity contribution >= 4 is 0 Å². The average Bonchev–Trinajstić information content (AvgIpc) is 2.10. The zero-order valence-corrected chi connectivity index (χ0v) is 14.2. The predicted molar refractivity (Wildman–Crippen MR) is 76.7 cm³/mol. The molecular formula is C14H32N2O3. The Morgan fingerprint density at radius 2 is 1.21 bits per heavy atom. The summed E-state index contributed by atoms with van der Waals surface area (Å²) in [6, 6.07) is 0. The van der Waals surface area contributed by atoms with Crippen LogP contribution >= 0.6 is 0 Å². The highest BCUT2D eigenvalue weighted by molar-refractivity contribution is 4.87. The molecule has 0 saturated heterocycles. The van der Waals surface area contributed by atoms with E-state index in [9.17, 15) is 5.21 Å². The molecule has 0 heterocycles. The zero-order chi connectivity index (χ0) is 15.7. The maximum atomic E-state index is 11.8. The summed E-state index contributed by atoms with van der Waals surface area (Å²) in [6.45, 7) is 20.0. The molecule has 0 rings (SSSR count). The molecule has 1 atom stereocenters. The lowest BCUT2D eigenvalue weighted by Gasteiger charge is -2.41. The van der Waals surface area contributed by atoms with Crippen molar-refractivity contribution < 1.29 is 15.2 Å². The molecular weight excluding hydrogens is 244 g/mol. The van der Waals surface area contributed by atoms with Gasteiger partial charge in [-0.15, -0.1) is 5.48 Å². The Kier molecular flexibility index (Phi) is 5.60. The summed E-state index contributed by atoms with van der Waals surface area (Å²) in [5.41, 5.74) is 1.64. The van der Waals surface area contributed by atoms with Gasteiger partial charge in [0.2, 0.25) is 0 Å². The summed E-state index contributed by atoms with van der Waals surface area (Å²) in [6.07, 6.45) is 0. The molecule has 0 fully saturated rings. The number of rotatable bonds is 5. The fraction of sp³-hybridized carbons (Fsp3) is 1.00. The van der Waals surface area contributed by atoms with Crippen molar-refractivity contribution in [3.63, 3.8) is 0 Å². The van der Waals surface area contributed by atoms with Crippen molar-refractivity contribution in [1.29, 1.82) is 0 Å². The quantitative estimate of drug-likeness (QED) is 0.757. The van der Waals surface area contributed by atoms with Gasteiger partial charge in [0.25, 0.3) is 0 Å². The lowest BCUT2D eigenvalue weighted by molar-refractivity contribution is -1.22. The van der Waals surface area contributed by atoms with E-state index in [1.165, 1.54) is 0 Å². The third-order valence-corrected chi connectivity index (χ3v) is 4.41. The summed E-state index contributed by atoms with van der Waals surface area (Å²) in [4.78, 5) is 10.4. The Bertz CT molecular complexity index is 288. The standard InChI is InChI=1S/C14H32N2O3/c1-11(2,3)13(7,8)15-19-16(17)18-14(9,10)12(4,5)6/h15-16H,1-10H3. The summed E-state index contributed by atoms with van der Waals surface area (Å²) < 4.78 is 0. The number of hydrogen-bond acceptors (Lipinski definition) is 4. The average molecular weight is 276 g/mol. The van der Waals surface area contributed by atoms with Gasteiger partial charge in [-0.05, 0) is 38.5 Å². The van der Waals surface area contributed by atoms with Gasteiger partial charge in [0.05, 0.1) is 0 Å². The van der Waals surface area contributed by atoms with Crippen molar-refractivity contribution in [2.45, 2.75) is 80.4 Å². The molecule has 1 unspecified atom stereocenters. The van der Waals surface area contributed by atoms with Gasteiger partial charge in [-0.2, -0.15) is 4.84 Å². The Hall–Kier alpha value is -0.200. The topological polar surface area (TPSA) is 58.0 Å². The first kappa shape index (κ1) is 18.8. The lowest BCUT2D eigenvalue weighted by atomic mass is 9.77. The minimum Gasteiger partial charge on any atom is -0.564 e. The third-order valence-electron chi connectivity index (χ3n) is 4.41. The molecule has 0 aromatic carbocycles. The number of hydroxylamine groups is 1. The fourth-order valence-corrected chi connectivity index (χ4v) is 0.705. The summed E-state index contributed by atoms with van der Waals surface area (Å²) in [5, 5.41) is 11.1. The molecule has 0 aromatic rings. The van der Waals surface area contributed by atoms with Crippen molar-refractivity contribution in [3.8, 4) is 0 Å². The van der Waals surface area contributed by atoms with Gasteiger partial charge in [-0.1, -0.05) is 51.9 Å². The first-order valence-corrected chi connectivity index (χ1v) is 6.77. The number of nitrogens with one attached hydrogen (secondary N) is 2. The van der Waals surface area contributed by atoms with Crippen LogP contribution in [0.1, 0.15) is 69.2 Å². The monoisotopic (exact) mass is 276 g/mol. The van der Waals surface area contributed by atoms with Crippen LogP contribution in [0.2, 0.25) is 0 Å². The highest BCUT2D eigenvalue weighted by Gasteiger charge is 2.39. The van der Waals surface area contributed by atoms with Crippen LogP contribution < -0.4 is 10.9 Å². The van der Waals surface area contributed by atoms with Gasteiger partial charge < -0.3 is 5.21 Å². The molecule has 0 aliphatic rings. The smallest absolute Gasteiger partial charge is 0.131 e. The minimum atomic E-state index is -0.697. The highest BCUT2D eigenvalue weighted by atomic mass is 17.2. The Balaban J connectivity index is 4.47. The Morgan fingerprint density at radius 1 is 0.789 bits per heavy atom. The van der Waals surface area contributed by atoms with E-state index in [1.807, 2.05) is 48.5 Å². The van der Waals surface area contributed by atoms with Crippen LogP contribution in [0.4, 0.5) is 0 Å². The van der Waals surface area contributed by atoms with E-state index in [-0.39, 0.29) is 16.4 Å². The van der Waals surface area contributed by atoms with E-state index in [2.05, 4.69) is 26.3 Å². The predicted octanol–water partition coefficient (Wildman–Crippen LogP) is 2.39. The van der Waals surface area contributed by atoms with Crippen molar-refractivity contribution in [1.82, 2.24) is 5.48 Å². The summed E-state index contributed by atoms with van der Waals surface area (Å²) in [5.74, 6) is 0. The molecule has 5 heteroatoms. The zero-order valence-electron chi connectivity index (χ0n) is 14.2. The molecule has 0 radical (unpaired) electrons. The number of quaternary nitrogens is 1. The highest BCUT2D eigenvalue weighted by Crippen LogP contribution is 2.31. The van der Waals surface area contributed by atoms with Gasteiger partial charge in [0.15, 0.2) is 0 Å². The van der Waals surface area contributed by atoms with Crippen molar-refractivity contribution in [3.05, 3.63) is 5.21 Å². The van der Waals surface area contributed by atoms with Crippen LogP contribution in [-0.2, 0) is 9.78 Å². The molecule has 2 N–H and O–H groups in total. The van der Waals surface area contributed by atoms with E-state index < -0.39 is 11.0 Å². The van der Waals surface area contributed by atoms with Crippen LogP contribution in [0.15, 0.2) is 0 Å². The second-order valence-electron chi connectivity index (χ2n) is 8.19. The van der Waals surface area contributed by atoms with Gasteiger partial charge in [0, 0.05) is 5.54 Å². The van der Waals surface area contributed by atoms with E-state index in [4.69, 9.17) is 9.78 Å². The van der Waals surface area contributed by atoms with Crippen LogP contribution in [0, 0.1) is 16.0 Å².